The van der Waals surface area contributed by atoms with Gasteiger partial charge in [-0.1, -0.05) is 6.07 Å². The molecule has 2 aromatic carbocycles. The molecule has 2 bridgehead atoms. The first kappa shape index (κ1) is 23.1. The Labute approximate surface area is 204 Å². The van der Waals surface area contributed by atoms with E-state index < -0.39 is 18.1 Å². The van der Waals surface area contributed by atoms with Crippen molar-refractivity contribution >= 4 is 6.08 Å². The van der Waals surface area contributed by atoms with Crippen molar-refractivity contribution in [3.05, 3.63) is 45.1 Å². The lowest BCUT2D eigenvalue weighted by atomic mass is 9.75. The number of phenolic OH excluding ortho intramolecular Hbond substituents is 3. The van der Waals surface area contributed by atoms with Gasteiger partial charge in [-0.05, 0) is 44.5 Å². The van der Waals surface area contributed by atoms with Crippen LogP contribution < -0.4 is 15.2 Å². The van der Waals surface area contributed by atoms with Crippen LogP contribution in [0.25, 0.3) is 6.08 Å². The van der Waals surface area contributed by atoms with Crippen LogP contribution in [0.3, 0.4) is 0 Å². The number of ether oxygens (including phenoxy) is 2. The number of nitriles is 1. The summed E-state index contributed by atoms with van der Waals surface area (Å²) >= 11 is 0. The molecule has 184 valence electrons. The van der Waals surface area contributed by atoms with Crippen molar-refractivity contribution in [1.82, 2.24) is 9.80 Å². The van der Waals surface area contributed by atoms with Gasteiger partial charge in [0.1, 0.15) is 11.8 Å². The topological polar surface area (TPSA) is 135 Å². The van der Waals surface area contributed by atoms with Crippen LogP contribution in [0.5, 0.6) is 28.7 Å². The van der Waals surface area contributed by atoms with E-state index in [-0.39, 0.29) is 35.6 Å². The highest BCUT2D eigenvalue weighted by atomic mass is 16.5. The van der Waals surface area contributed by atoms with Gasteiger partial charge in [0.15, 0.2) is 23.0 Å². The predicted octanol–water partition coefficient (Wildman–Crippen LogP) is 2.60. The molecule has 0 aromatic heterocycles. The van der Waals surface area contributed by atoms with E-state index in [1.54, 1.807) is 13.0 Å². The Morgan fingerprint density at radius 2 is 1.74 bits per heavy atom. The normalized spacial score (nSPS) is 24.6. The number of likely N-dealkylation sites (N-methyl/N-ethyl adjacent to an activating group) is 1. The SMILES string of the molecule is COc1c(C)cc2c(c1O)[C@H]1C3=Cc4c(O)c(C)c(OC)c(O)c4[C@H](CN)N3[C@@H](C#N)[C@H](C2)N1C. The van der Waals surface area contributed by atoms with Crippen LogP contribution in [-0.2, 0) is 6.42 Å². The molecule has 3 aliphatic heterocycles. The van der Waals surface area contributed by atoms with E-state index in [2.05, 4.69) is 11.0 Å². The molecule has 5 rings (SSSR count). The summed E-state index contributed by atoms with van der Waals surface area (Å²) in [7, 11) is 4.90. The first-order valence-corrected chi connectivity index (χ1v) is 11.5. The molecule has 9 heteroatoms. The summed E-state index contributed by atoms with van der Waals surface area (Å²) in [5.74, 6) is 0.563. The number of fused-ring (bicyclic) bond motifs is 7. The van der Waals surface area contributed by atoms with Crippen molar-refractivity contribution in [2.75, 3.05) is 27.8 Å². The van der Waals surface area contributed by atoms with Gasteiger partial charge in [0.05, 0.1) is 32.4 Å². The van der Waals surface area contributed by atoms with Crippen molar-refractivity contribution in [2.45, 2.75) is 44.4 Å². The Balaban J connectivity index is 1.85. The maximum Gasteiger partial charge on any atom is 0.167 e. The third-order valence-corrected chi connectivity index (χ3v) is 7.88. The number of nitrogens with two attached hydrogens (primary N) is 1. The summed E-state index contributed by atoms with van der Waals surface area (Å²) in [5, 5.41) is 43.9. The Hall–Kier alpha value is -3.61. The number of benzene rings is 2. The number of nitrogens with zero attached hydrogens (tertiary/aromatic N) is 3. The molecule has 0 aliphatic carbocycles. The van der Waals surface area contributed by atoms with Crippen LogP contribution >= 0.6 is 0 Å². The first-order valence-electron chi connectivity index (χ1n) is 11.5. The molecule has 0 saturated carbocycles. The molecular formula is C26H30N4O5. The standard InChI is InChI=1S/C26H30N4O5/c1-11-6-13-7-15-17(9-27)30-16(21(29(15)3)19(13)23(32)25(11)34-4)8-14-20(18(30)10-28)24(33)26(35-5)12(2)22(14)31/h6,8,15,17-18,21,31-33H,7,10,28H2,1-5H3/t15-,17-,18-,21+/m0/s1. The quantitative estimate of drug-likeness (QED) is 0.491. The molecule has 9 nitrogen and oxygen atoms in total. The van der Waals surface area contributed by atoms with Crippen molar-refractivity contribution in [3.63, 3.8) is 0 Å². The molecule has 0 spiro atoms. The Morgan fingerprint density at radius 3 is 2.34 bits per heavy atom. The van der Waals surface area contributed by atoms with Crippen molar-refractivity contribution in [3.8, 4) is 34.8 Å². The minimum atomic E-state index is -0.579. The molecule has 4 atom stereocenters. The van der Waals surface area contributed by atoms with Crippen LogP contribution in [0.2, 0.25) is 0 Å². The van der Waals surface area contributed by atoms with Crippen LogP contribution in [0.1, 0.15) is 45.5 Å². The Kier molecular flexibility index (Phi) is 5.27. The fourth-order valence-electron chi connectivity index (χ4n) is 6.33. The third kappa shape index (κ3) is 2.87. The second-order valence-electron chi connectivity index (χ2n) is 9.47. The average molecular weight is 479 g/mol. The van der Waals surface area contributed by atoms with Gasteiger partial charge in [0, 0.05) is 40.5 Å². The van der Waals surface area contributed by atoms with E-state index >= 15 is 0 Å². The number of aryl methyl sites for hydroxylation is 1. The van der Waals surface area contributed by atoms with Crippen molar-refractivity contribution in [1.29, 1.82) is 5.26 Å². The highest BCUT2D eigenvalue weighted by Gasteiger charge is 2.52. The van der Waals surface area contributed by atoms with E-state index in [0.717, 1.165) is 16.8 Å². The summed E-state index contributed by atoms with van der Waals surface area (Å²) in [6, 6.07) is 2.74. The molecule has 2 aromatic rings. The number of piperazine rings is 1. The zero-order chi connectivity index (χ0) is 25.3. The van der Waals surface area contributed by atoms with Crippen LogP contribution in [-0.4, -0.2) is 65.0 Å². The van der Waals surface area contributed by atoms with Gasteiger partial charge in [0.2, 0.25) is 0 Å². The van der Waals surface area contributed by atoms with Crippen LogP contribution in [0.4, 0.5) is 0 Å². The second-order valence-corrected chi connectivity index (χ2v) is 9.47. The lowest BCUT2D eigenvalue weighted by Crippen LogP contribution is -2.62. The fourth-order valence-corrected chi connectivity index (χ4v) is 6.33. The minimum absolute atomic E-state index is 0.0136. The van der Waals surface area contributed by atoms with E-state index in [0.29, 0.717) is 34.4 Å². The highest BCUT2D eigenvalue weighted by Crippen LogP contribution is 2.57. The number of hydrogen-bond acceptors (Lipinski definition) is 9. The maximum atomic E-state index is 11.3. The smallest absolute Gasteiger partial charge is 0.167 e. The van der Waals surface area contributed by atoms with Crippen LogP contribution in [0, 0.1) is 25.2 Å². The molecule has 5 N–H and O–H groups in total. The number of aromatic hydroxyl groups is 3. The van der Waals surface area contributed by atoms with Crippen molar-refractivity contribution < 1.29 is 24.8 Å². The molecule has 0 amide bonds. The van der Waals surface area contributed by atoms with Gasteiger partial charge >= 0.3 is 0 Å². The zero-order valence-electron chi connectivity index (χ0n) is 20.5. The number of phenols is 3. The molecular weight excluding hydrogens is 448 g/mol. The average Bonchev–Trinajstić information content (AvgIpc) is 2.83. The summed E-state index contributed by atoms with van der Waals surface area (Å²) < 4.78 is 10.9. The number of methoxy groups -OCH3 is 2. The summed E-state index contributed by atoms with van der Waals surface area (Å²) in [6.45, 7) is 3.66. The predicted molar refractivity (Wildman–Crippen MR) is 129 cm³/mol. The third-order valence-electron chi connectivity index (χ3n) is 7.88. The molecule has 0 radical (unpaired) electrons. The van der Waals surface area contributed by atoms with Gasteiger partial charge in [-0.3, -0.25) is 4.90 Å². The van der Waals surface area contributed by atoms with Crippen molar-refractivity contribution in [2.24, 2.45) is 5.73 Å². The Bertz CT molecular complexity index is 1310. The molecule has 0 unspecified atom stereocenters. The summed E-state index contributed by atoms with van der Waals surface area (Å²) in [5.41, 5.74) is 10.8. The van der Waals surface area contributed by atoms with Gasteiger partial charge in [-0.25, -0.2) is 0 Å². The second kappa shape index (κ2) is 7.97. The largest absolute Gasteiger partial charge is 0.507 e. The summed E-state index contributed by atoms with van der Waals surface area (Å²) in [4.78, 5) is 4.04. The summed E-state index contributed by atoms with van der Waals surface area (Å²) in [6.07, 6.45) is 2.35. The first-order chi connectivity index (χ1) is 16.7. The van der Waals surface area contributed by atoms with Gasteiger partial charge in [-0.15, -0.1) is 0 Å². The lowest BCUT2D eigenvalue weighted by molar-refractivity contribution is 0.0209. The number of rotatable bonds is 3. The molecule has 1 saturated heterocycles. The number of hydrogen-bond donors (Lipinski definition) is 4. The molecule has 3 heterocycles. The maximum absolute atomic E-state index is 11.3. The van der Waals surface area contributed by atoms with E-state index in [4.69, 9.17) is 15.2 Å². The minimum Gasteiger partial charge on any atom is -0.507 e. The van der Waals surface area contributed by atoms with Crippen LogP contribution in [0.15, 0.2) is 11.8 Å². The zero-order valence-corrected chi connectivity index (χ0v) is 20.5. The molecule has 1 fully saturated rings. The van der Waals surface area contributed by atoms with E-state index in [1.165, 1.54) is 14.2 Å². The van der Waals surface area contributed by atoms with Gasteiger partial charge in [-0.2, -0.15) is 5.26 Å². The molecule has 35 heavy (non-hydrogen) atoms. The highest BCUT2D eigenvalue weighted by molar-refractivity contribution is 5.76. The fraction of sp³-hybridized carbons (Fsp3) is 0.423. The van der Waals surface area contributed by atoms with Gasteiger partial charge in [0.25, 0.3) is 0 Å². The lowest BCUT2D eigenvalue weighted by Gasteiger charge is -2.57. The van der Waals surface area contributed by atoms with E-state index in [1.807, 2.05) is 24.9 Å². The molecule has 3 aliphatic rings. The Morgan fingerprint density at radius 1 is 1.09 bits per heavy atom. The van der Waals surface area contributed by atoms with Gasteiger partial charge < -0.3 is 35.4 Å². The van der Waals surface area contributed by atoms with E-state index in [9.17, 15) is 20.6 Å². The monoisotopic (exact) mass is 478 g/mol.